The number of hydrogen-bond acceptors (Lipinski definition) is 4. The number of ether oxygens (including phenoxy) is 1. The zero-order chi connectivity index (χ0) is 14.3. The van der Waals surface area contributed by atoms with Crippen molar-refractivity contribution in [3.8, 4) is 0 Å². The van der Waals surface area contributed by atoms with Crippen molar-refractivity contribution in [3.63, 3.8) is 0 Å². The van der Waals surface area contributed by atoms with E-state index in [2.05, 4.69) is 15.0 Å². The Morgan fingerprint density at radius 3 is 2.68 bits per heavy atom. The summed E-state index contributed by atoms with van der Waals surface area (Å²) in [7, 11) is 0. The van der Waals surface area contributed by atoms with Crippen molar-refractivity contribution in [3.05, 3.63) is 29.6 Å². The molecule has 1 aromatic rings. The Balaban J connectivity index is 2.17. The number of rotatable bonds is 7. The summed E-state index contributed by atoms with van der Waals surface area (Å²) in [4.78, 5) is 14.5. The quantitative estimate of drug-likeness (QED) is 0.739. The molecule has 0 unspecified atom stereocenters. The maximum Gasteiger partial charge on any atom is 0.411 e. The number of halogens is 3. The van der Waals surface area contributed by atoms with Crippen LogP contribution in [0.4, 0.5) is 13.2 Å². The third-order valence-corrected chi connectivity index (χ3v) is 2.07. The molecule has 0 amide bonds. The van der Waals surface area contributed by atoms with E-state index in [1.165, 1.54) is 18.3 Å². The fourth-order valence-electron chi connectivity index (χ4n) is 1.20. The first-order chi connectivity index (χ1) is 8.88. The van der Waals surface area contributed by atoms with Crippen molar-refractivity contribution in [2.45, 2.75) is 12.7 Å². The second-order valence-corrected chi connectivity index (χ2v) is 3.69. The Labute approximate surface area is 107 Å². The van der Waals surface area contributed by atoms with E-state index >= 15 is 0 Å². The molecule has 0 aliphatic carbocycles. The first-order valence-corrected chi connectivity index (χ1v) is 5.42. The van der Waals surface area contributed by atoms with Gasteiger partial charge in [-0.1, -0.05) is 0 Å². The molecule has 0 saturated heterocycles. The standard InChI is InChI=1S/C11H13F3N2O3/c12-11(13,14)7-19-4-3-15-6-9-2-1-8(5-16-9)10(17)18/h1-2,5,15H,3-4,6-7H2,(H,17,18). The Bertz CT molecular complexity index is 407. The number of hydrogen-bond donors (Lipinski definition) is 2. The van der Waals surface area contributed by atoms with Crippen LogP contribution in [0.1, 0.15) is 16.1 Å². The zero-order valence-corrected chi connectivity index (χ0v) is 9.91. The molecule has 0 fully saturated rings. The molecule has 1 aromatic heterocycles. The molecular formula is C11H13F3N2O3. The molecular weight excluding hydrogens is 265 g/mol. The molecule has 2 N–H and O–H groups in total. The molecule has 1 heterocycles. The van der Waals surface area contributed by atoms with Gasteiger partial charge in [-0.3, -0.25) is 4.98 Å². The average Bonchev–Trinajstić information content (AvgIpc) is 2.33. The highest BCUT2D eigenvalue weighted by Crippen LogP contribution is 2.13. The lowest BCUT2D eigenvalue weighted by atomic mass is 10.2. The van der Waals surface area contributed by atoms with Crippen molar-refractivity contribution >= 4 is 5.97 Å². The maximum absolute atomic E-state index is 11.7. The summed E-state index contributed by atoms with van der Waals surface area (Å²) >= 11 is 0. The highest BCUT2D eigenvalue weighted by molar-refractivity contribution is 5.87. The number of alkyl halides is 3. The van der Waals surface area contributed by atoms with Gasteiger partial charge in [0.25, 0.3) is 0 Å². The fourth-order valence-corrected chi connectivity index (χ4v) is 1.20. The summed E-state index contributed by atoms with van der Waals surface area (Å²) < 4.78 is 39.6. The third kappa shape index (κ3) is 6.73. The summed E-state index contributed by atoms with van der Waals surface area (Å²) in [6.07, 6.45) is -3.09. The predicted octanol–water partition coefficient (Wildman–Crippen LogP) is 1.45. The van der Waals surface area contributed by atoms with Crippen LogP contribution in [-0.4, -0.2) is 42.0 Å². The van der Waals surface area contributed by atoms with Crippen LogP contribution >= 0.6 is 0 Å². The Kier molecular flexibility index (Phi) is 5.71. The van der Waals surface area contributed by atoms with Gasteiger partial charge < -0.3 is 15.2 Å². The predicted molar refractivity (Wildman–Crippen MR) is 59.8 cm³/mol. The number of nitrogens with one attached hydrogen (secondary N) is 1. The molecule has 0 aromatic carbocycles. The third-order valence-electron chi connectivity index (χ3n) is 2.07. The van der Waals surface area contributed by atoms with Crippen LogP contribution in [0.15, 0.2) is 18.3 Å². The number of aromatic nitrogens is 1. The highest BCUT2D eigenvalue weighted by Gasteiger charge is 2.27. The first-order valence-electron chi connectivity index (χ1n) is 5.42. The number of pyridine rings is 1. The van der Waals surface area contributed by atoms with E-state index in [1.54, 1.807) is 0 Å². The van der Waals surface area contributed by atoms with E-state index in [9.17, 15) is 18.0 Å². The Hall–Kier alpha value is -1.67. The maximum atomic E-state index is 11.7. The molecule has 106 valence electrons. The number of nitrogens with zero attached hydrogens (tertiary/aromatic N) is 1. The largest absolute Gasteiger partial charge is 0.478 e. The number of aromatic carboxylic acids is 1. The monoisotopic (exact) mass is 278 g/mol. The molecule has 0 spiro atoms. The molecule has 1 rings (SSSR count). The van der Waals surface area contributed by atoms with Crippen molar-refractivity contribution in [1.82, 2.24) is 10.3 Å². The van der Waals surface area contributed by atoms with Crippen molar-refractivity contribution in [2.75, 3.05) is 19.8 Å². The van der Waals surface area contributed by atoms with Crippen LogP contribution in [0, 0.1) is 0 Å². The van der Waals surface area contributed by atoms with E-state index in [1.807, 2.05) is 0 Å². The number of carboxylic acid groups (broad SMARTS) is 1. The van der Waals surface area contributed by atoms with E-state index in [-0.39, 0.29) is 18.7 Å². The highest BCUT2D eigenvalue weighted by atomic mass is 19.4. The lowest BCUT2D eigenvalue weighted by Crippen LogP contribution is -2.24. The molecule has 0 atom stereocenters. The van der Waals surface area contributed by atoms with Crippen molar-refractivity contribution < 1.29 is 27.8 Å². The van der Waals surface area contributed by atoms with E-state index in [0.717, 1.165) is 0 Å². The average molecular weight is 278 g/mol. The SMILES string of the molecule is O=C(O)c1ccc(CNCCOCC(F)(F)F)nc1. The Morgan fingerprint density at radius 2 is 2.16 bits per heavy atom. The second kappa shape index (κ2) is 7.05. The lowest BCUT2D eigenvalue weighted by Gasteiger charge is -2.08. The van der Waals surface area contributed by atoms with Crippen LogP contribution in [0.25, 0.3) is 0 Å². The summed E-state index contributed by atoms with van der Waals surface area (Å²) in [5.41, 5.74) is 0.679. The van der Waals surface area contributed by atoms with Gasteiger partial charge in [-0.25, -0.2) is 4.79 Å². The number of carboxylic acids is 1. The second-order valence-electron chi connectivity index (χ2n) is 3.69. The van der Waals surface area contributed by atoms with Crippen LogP contribution in [-0.2, 0) is 11.3 Å². The summed E-state index contributed by atoms with van der Waals surface area (Å²) in [6.45, 7) is -0.749. The van der Waals surface area contributed by atoms with Crippen LogP contribution in [0.2, 0.25) is 0 Å². The minimum absolute atomic E-state index is 0.0628. The van der Waals surface area contributed by atoms with Gasteiger partial charge in [-0.05, 0) is 12.1 Å². The van der Waals surface area contributed by atoms with E-state index in [4.69, 9.17) is 5.11 Å². The lowest BCUT2D eigenvalue weighted by molar-refractivity contribution is -0.173. The van der Waals surface area contributed by atoms with Gasteiger partial charge in [-0.2, -0.15) is 13.2 Å². The Morgan fingerprint density at radius 1 is 1.42 bits per heavy atom. The molecule has 0 saturated carbocycles. The van der Waals surface area contributed by atoms with Gasteiger partial charge in [0.15, 0.2) is 0 Å². The molecule has 0 aliphatic rings. The van der Waals surface area contributed by atoms with E-state index in [0.29, 0.717) is 12.2 Å². The number of carbonyl (C=O) groups is 1. The molecule has 19 heavy (non-hydrogen) atoms. The molecule has 8 heteroatoms. The van der Waals surface area contributed by atoms with Crippen LogP contribution < -0.4 is 5.32 Å². The van der Waals surface area contributed by atoms with Gasteiger partial charge in [0.2, 0.25) is 0 Å². The van der Waals surface area contributed by atoms with Crippen LogP contribution in [0.5, 0.6) is 0 Å². The molecule has 5 nitrogen and oxygen atoms in total. The van der Waals surface area contributed by atoms with Gasteiger partial charge >= 0.3 is 12.1 Å². The van der Waals surface area contributed by atoms with Crippen molar-refractivity contribution in [1.29, 1.82) is 0 Å². The van der Waals surface area contributed by atoms with Gasteiger partial charge in [0.05, 0.1) is 17.9 Å². The molecule has 0 bridgehead atoms. The van der Waals surface area contributed by atoms with Gasteiger partial charge in [0.1, 0.15) is 6.61 Å². The molecule has 0 aliphatic heterocycles. The van der Waals surface area contributed by atoms with Gasteiger partial charge in [-0.15, -0.1) is 0 Å². The minimum atomic E-state index is -4.31. The summed E-state index contributed by atoms with van der Waals surface area (Å²) in [5, 5.41) is 11.5. The summed E-state index contributed by atoms with van der Waals surface area (Å²) in [5.74, 6) is -1.06. The first kappa shape index (κ1) is 15.4. The normalized spacial score (nSPS) is 11.5. The van der Waals surface area contributed by atoms with Gasteiger partial charge in [0, 0.05) is 19.3 Å². The minimum Gasteiger partial charge on any atom is -0.478 e. The molecule has 0 radical (unpaired) electrons. The topological polar surface area (TPSA) is 71.5 Å². The van der Waals surface area contributed by atoms with Crippen LogP contribution in [0.3, 0.4) is 0 Å². The summed E-state index contributed by atoms with van der Waals surface area (Å²) in [6, 6.07) is 2.94. The van der Waals surface area contributed by atoms with E-state index < -0.39 is 18.8 Å². The fraction of sp³-hybridized carbons (Fsp3) is 0.455. The smallest absolute Gasteiger partial charge is 0.411 e. The van der Waals surface area contributed by atoms with Crippen molar-refractivity contribution in [2.24, 2.45) is 0 Å². The zero-order valence-electron chi connectivity index (χ0n) is 9.91.